The van der Waals surface area contributed by atoms with Crippen LogP contribution in [0.3, 0.4) is 0 Å². The van der Waals surface area contributed by atoms with Crippen LogP contribution in [0.25, 0.3) is 0 Å². The van der Waals surface area contributed by atoms with E-state index in [1.165, 1.54) is 12.1 Å². The minimum atomic E-state index is -0.873. The van der Waals surface area contributed by atoms with E-state index in [1.807, 2.05) is 19.9 Å². The van der Waals surface area contributed by atoms with E-state index in [-0.39, 0.29) is 24.0 Å². The van der Waals surface area contributed by atoms with Gasteiger partial charge < -0.3 is 20.3 Å². The van der Waals surface area contributed by atoms with E-state index in [2.05, 4.69) is 21.2 Å². The van der Waals surface area contributed by atoms with Crippen molar-refractivity contribution in [2.24, 2.45) is 0 Å². The van der Waals surface area contributed by atoms with Crippen LogP contribution in [0.15, 0.2) is 46.9 Å². The Morgan fingerprint density at radius 3 is 2.67 bits per heavy atom. The number of hydrogen-bond donors (Lipinski definition) is 3. The highest BCUT2D eigenvalue weighted by molar-refractivity contribution is 9.10. The van der Waals surface area contributed by atoms with Gasteiger partial charge in [-0.3, -0.25) is 4.79 Å². The minimum Gasteiger partial charge on any atom is -0.507 e. The number of ether oxygens (including phenoxy) is 1. The number of rotatable bonds is 6. The maximum Gasteiger partial charge on any atom is 0.255 e. The lowest BCUT2D eigenvalue weighted by Gasteiger charge is -2.15. The number of phenolic OH excluding ortho intramolecular Hbond substituents is 1. The van der Waals surface area contributed by atoms with E-state index in [4.69, 9.17) is 4.74 Å². The second-order valence-electron chi connectivity index (χ2n) is 5.63. The Morgan fingerprint density at radius 2 is 2.00 bits per heavy atom. The van der Waals surface area contributed by atoms with E-state index in [0.717, 1.165) is 0 Å². The normalized spacial score (nSPS) is 12.0. The van der Waals surface area contributed by atoms with Gasteiger partial charge in [-0.05, 0) is 49.7 Å². The molecule has 0 aliphatic rings. The number of carbonyl (C=O) groups is 1. The minimum absolute atomic E-state index is 0.0273. The van der Waals surface area contributed by atoms with Gasteiger partial charge in [0.05, 0.1) is 17.8 Å². The summed E-state index contributed by atoms with van der Waals surface area (Å²) < 4.78 is 6.27. The van der Waals surface area contributed by atoms with Crippen LogP contribution in [0.4, 0.5) is 0 Å². The summed E-state index contributed by atoms with van der Waals surface area (Å²) in [5, 5.41) is 22.7. The average Bonchev–Trinajstić information content (AvgIpc) is 2.52. The Hall–Kier alpha value is -2.05. The molecule has 0 saturated heterocycles. The molecule has 0 aliphatic heterocycles. The quantitative estimate of drug-likeness (QED) is 0.702. The van der Waals surface area contributed by atoms with Crippen molar-refractivity contribution in [2.45, 2.75) is 26.1 Å². The first-order valence-electron chi connectivity index (χ1n) is 7.58. The van der Waals surface area contributed by atoms with Crippen LogP contribution in [0.5, 0.6) is 11.5 Å². The van der Waals surface area contributed by atoms with Crippen molar-refractivity contribution >= 4 is 21.8 Å². The zero-order valence-electron chi connectivity index (χ0n) is 13.5. The van der Waals surface area contributed by atoms with Crippen LogP contribution in [-0.4, -0.2) is 28.8 Å². The molecule has 0 radical (unpaired) electrons. The van der Waals surface area contributed by atoms with Gasteiger partial charge in [0, 0.05) is 11.0 Å². The molecule has 24 heavy (non-hydrogen) atoms. The molecule has 0 aromatic heterocycles. The van der Waals surface area contributed by atoms with Gasteiger partial charge in [-0.2, -0.15) is 0 Å². The zero-order valence-corrected chi connectivity index (χ0v) is 15.1. The summed E-state index contributed by atoms with van der Waals surface area (Å²) in [6.45, 7) is 3.88. The van der Waals surface area contributed by atoms with Crippen LogP contribution >= 0.6 is 15.9 Å². The maximum atomic E-state index is 12.1. The molecule has 0 aliphatic carbocycles. The number of hydrogen-bond acceptors (Lipinski definition) is 4. The van der Waals surface area contributed by atoms with Gasteiger partial charge in [-0.15, -0.1) is 0 Å². The van der Waals surface area contributed by atoms with Crippen LogP contribution in [0, 0.1) is 0 Å². The SMILES string of the molecule is CC(C)Oc1cccc(C(O)CNC(=O)c2ccc(Br)cc2O)c1. The molecule has 3 N–H and O–H groups in total. The number of halogens is 1. The molecule has 0 fully saturated rings. The topological polar surface area (TPSA) is 78.8 Å². The summed E-state index contributed by atoms with van der Waals surface area (Å²) in [5.41, 5.74) is 0.802. The molecule has 6 heteroatoms. The monoisotopic (exact) mass is 393 g/mol. The van der Waals surface area contributed by atoms with Gasteiger partial charge in [0.2, 0.25) is 0 Å². The van der Waals surface area contributed by atoms with E-state index in [9.17, 15) is 15.0 Å². The molecule has 2 aromatic carbocycles. The number of aliphatic hydroxyl groups is 1. The van der Waals surface area contributed by atoms with Gasteiger partial charge in [-0.1, -0.05) is 28.1 Å². The van der Waals surface area contributed by atoms with Crippen molar-refractivity contribution in [3.05, 3.63) is 58.1 Å². The van der Waals surface area contributed by atoms with Crippen molar-refractivity contribution in [3.8, 4) is 11.5 Å². The third-order valence-electron chi connectivity index (χ3n) is 3.28. The fourth-order valence-electron chi connectivity index (χ4n) is 2.17. The molecule has 0 bridgehead atoms. The lowest BCUT2D eigenvalue weighted by Crippen LogP contribution is -2.28. The molecule has 0 heterocycles. The number of amides is 1. The summed E-state index contributed by atoms with van der Waals surface area (Å²) in [4.78, 5) is 12.1. The molecule has 1 atom stereocenters. The standard InChI is InChI=1S/C18H20BrNO4/c1-11(2)24-14-5-3-4-12(8-14)17(22)10-20-18(23)15-7-6-13(19)9-16(15)21/h3-9,11,17,21-22H,10H2,1-2H3,(H,20,23). The molecule has 5 nitrogen and oxygen atoms in total. The van der Waals surface area contributed by atoms with Crippen molar-refractivity contribution in [1.82, 2.24) is 5.32 Å². The molecule has 2 rings (SSSR count). The number of benzene rings is 2. The van der Waals surface area contributed by atoms with Crippen LogP contribution in [-0.2, 0) is 0 Å². The second-order valence-corrected chi connectivity index (χ2v) is 6.54. The third kappa shape index (κ3) is 4.97. The fourth-order valence-corrected chi connectivity index (χ4v) is 2.52. The second kappa shape index (κ2) is 8.17. The van der Waals surface area contributed by atoms with Crippen molar-refractivity contribution in [2.75, 3.05) is 6.54 Å². The summed E-state index contributed by atoms with van der Waals surface area (Å²) in [7, 11) is 0. The molecular formula is C18H20BrNO4. The number of phenols is 1. The van der Waals surface area contributed by atoms with Crippen molar-refractivity contribution < 1.29 is 19.7 Å². The first kappa shape index (κ1) is 18.3. The van der Waals surface area contributed by atoms with E-state index in [0.29, 0.717) is 15.8 Å². The maximum absolute atomic E-state index is 12.1. The van der Waals surface area contributed by atoms with E-state index < -0.39 is 12.0 Å². The molecule has 2 aromatic rings. The summed E-state index contributed by atoms with van der Waals surface area (Å²) in [5.74, 6) is 0.0933. The van der Waals surface area contributed by atoms with Gasteiger partial charge in [0.1, 0.15) is 11.5 Å². The summed E-state index contributed by atoms with van der Waals surface area (Å²) >= 11 is 3.22. The molecular weight excluding hydrogens is 374 g/mol. The zero-order chi connectivity index (χ0) is 17.7. The smallest absolute Gasteiger partial charge is 0.255 e. The Labute approximate surface area is 149 Å². The fraction of sp³-hybridized carbons (Fsp3) is 0.278. The summed E-state index contributed by atoms with van der Waals surface area (Å²) in [6.07, 6.45) is -0.834. The van der Waals surface area contributed by atoms with Gasteiger partial charge in [0.25, 0.3) is 5.91 Å². The molecule has 128 valence electrons. The lowest BCUT2D eigenvalue weighted by molar-refractivity contribution is 0.0913. The molecule has 1 amide bonds. The predicted octanol–water partition coefficient (Wildman–Crippen LogP) is 3.41. The predicted molar refractivity (Wildman–Crippen MR) is 95.3 cm³/mol. The molecule has 1 unspecified atom stereocenters. The van der Waals surface area contributed by atoms with Gasteiger partial charge in [0.15, 0.2) is 0 Å². The number of aliphatic hydroxyl groups excluding tert-OH is 1. The van der Waals surface area contributed by atoms with Crippen LogP contribution in [0.2, 0.25) is 0 Å². The highest BCUT2D eigenvalue weighted by Crippen LogP contribution is 2.23. The van der Waals surface area contributed by atoms with Crippen molar-refractivity contribution in [3.63, 3.8) is 0 Å². The van der Waals surface area contributed by atoms with Crippen LogP contribution in [0.1, 0.15) is 35.9 Å². The Bertz CT molecular complexity index is 718. The van der Waals surface area contributed by atoms with Gasteiger partial charge in [-0.25, -0.2) is 0 Å². The van der Waals surface area contributed by atoms with Gasteiger partial charge >= 0.3 is 0 Å². The number of aromatic hydroxyl groups is 1. The highest BCUT2D eigenvalue weighted by Gasteiger charge is 2.14. The Balaban J connectivity index is 1.99. The number of carbonyl (C=O) groups excluding carboxylic acids is 1. The lowest BCUT2D eigenvalue weighted by atomic mass is 10.1. The van der Waals surface area contributed by atoms with E-state index >= 15 is 0 Å². The largest absolute Gasteiger partial charge is 0.507 e. The highest BCUT2D eigenvalue weighted by atomic mass is 79.9. The first-order chi connectivity index (χ1) is 11.4. The Kier molecular flexibility index (Phi) is 6.23. The first-order valence-corrected chi connectivity index (χ1v) is 8.37. The molecule has 0 spiro atoms. The average molecular weight is 394 g/mol. The number of nitrogens with one attached hydrogen (secondary N) is 1. The van der Waals surface area contributed by atoms with Crippen molar-refractivity contribution in [1.29, 1.82) is 0 Å². The molecule has 0 saturated carbocycles. The van der Waals surface area contributed by atoms with E-state index in [1.54, 1.807) is 24.3 Å². The van der Waals surface area contributed by atoms with Crippen LogP contribution < -0.4 is 10.1 Å². The summed E-state index contributed by atoms with van der Waals surface area (Å²) in [6, 6.07) is 11.7. The Morgan fingerprint density at radius 1 is 1.25 bits per heavy atom. The third-order valence-corrected chi connectivity index (χ3v) is 3.77.